The van der Waals surface area contributed by atoms with Crippen molar-refractivity contribution in [3.05, 3.63) is 101 Å². The van der Waals surface area contributed by atoms with Crippen LogP contribution in [0.4, 0.5) is 0 Å². The molecule has 148 valence electrons. The summed E-state index contributed by atoms with van der Waals surface area (Å²) in [4.78, 5) is 12.3. The molecular weight excluding hydrogens is 360 g/mol. The molecule has 3 aromatic carbocycles. The van der Waals surface area contributed by atoms with E-state index in [0.29, 0.717) is 12.2 Å². The molecule has 0 spiro atoms. The number of carbonyl (C=O) groups excluding carboxylic acids is 1. The number of rotatable bonds is 6. The Hall–Kier alpha value is -3.40. The normalized spacial score (nSPS) is 11.4. The van der Waals surface area contributed by atoms with E-state index in [0.717, 1.165) is 16.9 Å². The van der Waals surface area contributed by atoms with Crippen molar-refractivity contribution in [2.45, 2.75) is 32.8 Å². The molecule has 0 bridgehead atoms. The Morgan fingerprint density at radius 3 is 2.38 bits per heavy atom. The Kier molecular flexibility index (Phi) is 6.45. The topological polar surface area (TPSA) is 50.7 Å². The average molecular weight is 386 g/mol. The Morgan fingerprint density at radius 1 is 0.966 bits per heavy atom. The van der Waals surface area contributed by atoms with E-state index in [-0.39, 0.29) is 11.3 Å². The fraction of sp³-hybridized carbons (Fsp3) is 0.200. The molecule has 3 rings (SSSR count). The van der Waals surface area contributed by atoms with Crippen LogP contribution in [0.25, 0.3) is 0 Å². The molecule has 0 aromatic heterocycles. The minimum atomic E-state index is -0.238. The first-order chi connectivity index (χ1) is 13.9. The van der Waals surface area contributed by atoms with Crippen LogP contribution in [0.2, 0.25) is 0 Å². The maximum Gasteiger partial charge on any atom is 0.271 e. The number of carbonyl (C=O) groups is 1. The molecule has 1 amide bonds. The molecule has 4 nitrogen and oxygen atoms in total. The number of nitrogens with one attached hydrogen (secondary N) is 1. The number of hydrogen-bond acceptors (Lipinski definition) is 3. The summed E-state index contributed by atoms with van der Waals surface area (Å²) in [5, 5.41) is 4.07. The van der Waals surface area contributed by atoms with Crippen LogP contribution in [-0.2, 0) is 12.0 Å². The van der Waals surface area contributed by atoms with Crippen molar-refractivity contribution in [2.24, 2.45) is 5.10 Å². The van der Waals surface area contributed by atoms with E-state index in [9.17, 15) is 4.79 Å². The average Bonchev–Trinajstić information content (AvgIpc) is 2.73. The zero-order valence-electron chi connectivity index (χ0n) is 17.1. The summed E-state index contributed by atoms with van der Waals surface area (Å²) in [6.45, 7) is 6.93. The van der Waals surface area contributed by atoms with Crippen molar-refractivity contribution in [3.8, 4) is 5.75 Å². The van der Waals surface area contributed by atoms with Crippen LogP contribution >= 0.6 is 0 Å². The maximum absolute atomic E-state index is 12.3. The molecule has 3 aromatic rings. The van der Waals surface area contributed by atoms with Gasteiger partial charge in [-0.1, -0.05) is 75.4 Å². The predicted molar refractivity (Wildman–Crippen MR) is 117 cm³/mol. The van der Waals surface area contributed by atoms with Crippen LogP contribution in [-0.4, -0.2) is 12.1 Å². The van der Waals surface area contributed by atoms with Gasteiger partial charge in [0.05, 0.1) is 6.21 Å². The van der Waals surface area contributed by atoms with Gasteiger partial charge in [0.25, 0.3) is 5.91 Å². The van der Waals surface area contributed by atoms with E-state index >= 15 is 0 Å². The first kappa shape index (κ1) is 20.3. The van der Waals surface area contributed by atoms with Crippen LogP contribution in [0, 0.1) is 0 Å². The lowest BCUT2D eigenvalue weighted by Crippen LogP contribution is -2.18. The molecule has 0 radical (unpaired) electrons. The van der Waals surface area contributed by atoms with Gasteiger partial charge in [0.15, 0.2) is 0 Å². The van der Waals surface area contributed by atoms with E-state index in [1.165, 1.54) is 5.56 Å². The van der Waals surface area contributed by atoms with Crippen molar-refractivity contribution in [2.75, 3.05) is 0 Å². The molecular formula is C25H26N2O2. The van der Waals surface area contributed by atoms with Gasteiger partial charge in [0.2, 0.25) is 0 Å². The lowest BCUT2D eigenvalue weighted by Gasteiger charge is -2.18. The van der Waals surface area contributed by atoms with E-state index < -0.39 is 0 Å². The number of benzene rings is 3. The molecule has 0 saturated heterocycles. The first-order valence-electron chi connectivity index (χ1n) is 9.62. The highest BCUT2D eigenvalue weighted by molar-refractivity contribution is 5.94. The monoisotopic (exact) mass is 386 g/mol. The van der Waals surface area contributed by atoms with Crippen LogP contribution < -0.4 is 10.2 Å². The Bertz CT molecular complexity index is 972. The van der Waals surface area contributed by atoms with Crippen LogP contribution in [0.1, 0.15) is 47.8 Å². The van der Waals surface area contributed by atoms with Crippen molar-refractivity contribution in [3.63, 3.8) is 0 Å². The fourth-order valence-electron chi connectivity index (χ4n) is 2.78. The zero-order valence-corrected chi connectivity index (χ0v) is 17.1. The third-order valence-electron chi connectivity index (χ3n) is 4.50. The van der Waals surface area contributed by atoms with Gasteiger partial charge in [-0.15, -0.1) is 0 Å². The molecule has 0 aliphatic rings. The Morgan fingerprint density at radius 2 is 1.69 bits per heavy atom. The van der Waals surface area contributed by atoms with Gasteiger partial charge in [0.1, 0.15) is 12.4 Å². The molecule has 0 atom stereocenters. The molecule has 1 N–H and O–H groups in total. The quantitative estimate of drug-likeness (QED) is 0.460. The summed E-state index contributed by atoms with van der Waals surface area (Å²) in [6, 6.07) is 25.2. The Balaban J connectivity index is 1.56. The lowest BCUT2D eigenvalue weighted by molar-refractivity contribution is 0.0955. The van der Waals surface area contributed by atoms with Crippen LogP contribution in [0.5, 0.6) is 5.75 Å². The van der Waals surface area contributed by atoms with E-state index in [2.05, 4.69) is 31.3 Å². The fourth-order valence-corrected chi connectivity index (χ4v) is 2.78. The van der Waals surface area contributed by atoms with Crippen LogP contribution in [0.3, 0.4) is 0 Å². The van der Waals surface area contributed by atoms with Crippen molar-refractivity contribution < 1.29 is 9.53 Å². The number of hydrazone groups is 1. The molecule has 0 saturated carbocycles. The minimum absolute atomic E-state index is 0.0563. The number of nitrogens with zero attached hydrogens (tertiary/aromatic N) is 1. The highest BCUT2D eigenvalue weighted by Gasteiger charge is 2.14. The summed E-state index contributed by atoms with van der Waals surface area (Å²) >= 11 is 0. The summed E-state index contributed by atoms with van der Waals surface area (Å²) in [5.41, 5.74) is 6.35. The maximum atomic E-state index is 12.3. The van der Waals surface area contributed by atoms with Crippen molar-refractivity contribution in [1.29, 1.82) is 0 Å². The third kappa shape index (κ3) is 6.04. The molecule has 4 heteroatoms. The van der Waals surface area contributed by atoms with Gasteiger partial charge in [-0.05, 0) is 46.4 Å². The van der Waals surface area contributed by atoms with E-state index in [4.69, 9.17) is 4.74 Å². The highest BCUT2D eigenvalue weighted by Crippen LogP contribution is 2.22. The van der Waals surface area contributed by atoms with Gasteiger partial charge in [-0.2, -0.15) is 5.10 Å². The SMILES string of the molecule is CC(C)(C)c1ccc(C(=O)NN=Cc2cccc(OCc3ccccc3)c2)cc1. The summed E-state index contributed by atoms with van der Waals surface area (Å²) < 4.78 is 5.82. The van der Waals surface area contributed by atoms with Gasteiger partial charge < -0.3 is 4.74 Å². The van der Waals surface area contributed by atoms with Crippen LogP contribution in [0.15, 0.2) is 84.0 Å². The molecule has 0 fully saturated rings. The molecule has 0 aliphatic heterocycles. The van der Waals surface area contributed by atoms with Gasteiger partial charge in [0, 0.05) is 5.56 Å². The largest absolute Gasteiger partial charge is 0.489 e. The third-order valence-corrected chi connectivity index (χ3v) is 4.50. The second-order valence-electron chi connectivity index (χ2n) is 7.87. The molecule has 29 heavy (non-hydrogen) atoms. The van der Waals surface area contributed by atoms with E-state index in [1.54, 1.807) is 6.21 Å². The van der Waals surface area contributed by atoms with E-state index in [1.807, 2.05) is 78.9 Å². The van der Waals surface area contributed by atoms with Gasteiger partial charge in [-0.3, -0.25) is 4.79 Å². The Labute approximate surface area is 172 Å². The van der Waals surface area contributed by atoms with Gasteiger partial charge in [-0.25, -0.2) is 5.43 Å². The molecule has 0 heterocycles. The molecule has 0 aliphatic carbocycles. The summed E-state index contributed by atoms with van der Waals surface area (Å²) in [6.07, 6.45) is 1.61. The van der Waals surface area contributed by atoms with Crippen molar-refractivity contribution in [1.82, 2.24) is 5.43 Å². The second kappa shape index (κ2) is 9.20. The highest BCUT2D eigenvalue weighted by atomic mass is 16.5. The lowest BCUT2D eigenvalue weighted by atomic mass is 9.87. The minimum Gasteiger partial charge on any atom is -0.489 e. The zero-order chi connectivity index (χ0) is 20.7. The summed E-state index contributed by atoms with van der Waals surface area (Å²) in [7, 11) is 0. The first-order valence-corrected chi connectivity index (χ1v) is 9.62. The van der Waals surface area contributed by atoms with Gasteiger partial charge >= 0.3 is 0 Å². The predicted octanol–water partition coefficient (Wildman–Crippen LogP) is 5.33. The number of hydrogen-bond donors (Lipinski definition) is 1. The summed E-state index contributed by atoms with van der Waals surface area (Å²) in [5.74, 6) is 0.514. The number of amides is 1. The standard InChI is InChI=1S/C25H26N2O2/c1-25(2,3)22-14-12-21(13-15-22)24(28)27-26-17-20-10-7-11-23(16-20)29-18-19-8-5-4-6-9-19/h4-17H,18H2,1-3H3,(H,27,28). The second-order valence-corrected chi connectivity index (χ2v) is 7.87. The molecule has 0 unspecified atom stereocenters. The number of ether oxygens (including phenoxy) is 1. The smallest absolute Gasteiger partial charge is 0.271 e. The van der Waals surface area contributed by atoms with Crippen molar-refractivity contribution >= 4 is 12.1 Å².